The second kappa shape index (κ2) is 6.74. The Labute approximate surface area is 132 Å². The third-order valence-corrected chi connectivity index (χ3v) is 3.21. The van der Waals surface area contributed by atoms with Gasteiger partial charge in [-0.15, -0.1) is 0 Å². The molecule has 3 aromatic rings. The molecule has 0 unspecified atom stereocenters. The van der Waals surface area contributed by atoms with E-state index in [-0.39, 0.29) is 5.56 Å². The van der Waals surface area contributed by atoms with Gasteiger partial charge in [-0.05, 0) is 31.2 Å². The van der Waals surface area contributed by atoms with Crippen molar-refractivity contribution in [1.82, 2.24) is 9.97 Å². The van der Waals surface area contributed by atoms with Crippen molar-refractivity contribution in [3.8, 4) is 5.75 Å². The first-order valence-corrected chi connectivity index (χ1v) is 7.28. The van der Waals surface area contributed by atoms with Crippen LogP contribution in [0.2, 0.25) is 0 Å². The summed E-state index contributed by atoms with van der Waals surface area (Å²) in [6, 6.07) is 14.7. The summed E-state index contributed by atoms with van der Waals surface area (Å²) in [5.41, 5.74) is 3.99. The molecule has 0 aliphatic carbocycles. The van der Waals surface area contributed by atoms with Crippen LogP contribution in [0.4, 0.5) is 5.95 Å². The van der Waals surface area contributed by atoms with Gasteiger partial charge >= 0.3 is 0 Å². The maximum Gasteiger partial charge on any atom is 0.260 e. The Kier molecular flexibility index (Phi) is 4.33. The van der Waals surface area contributed by atoms with Crippen LogP contribution < -0.4 is 15.7 Å². The summed E-state index contributed by atoms with van der Waals surface area (Å²) in [6.07, 6.45) is 1.63. The Balaban J connectivity index is 1.82. The summed E-state index contributed by atoms with van der Waals surface area (Å²) in [5, 5.41) is 4.66. The van der Waals surface area contributed by atoms with Gasteiger partial charge in [-0.3, -0.25) is 9.78 Å². The summed E-state index contributed by atoms with van der Waals surface area (Å²) in [5.74, 6) is 1.04. The van der Waals surface area contributed by atoms with E-state index in [0.717, 1.165) is 11.3 Å². The minimum absolute atomic E-state index is 0.206. The Morgan fingerprint density at radius 3 is 2.87 bits per heavy atom. The number of hydrogen-bond acceptors (Lipinski definition) is 5. The molecule has 6 nitrogen and oxygen atoms in total. The number of nitrogens with one attached hydrogen (secondary N) is 2. The van der Waals surface area contributed by atoms with Gasteiger partial charge < -0.3 is 4.74 Å². The summed E-state index contributed by atoms with van der Waals surface area (Å²) >= 11 is 0. The number of anilines is 1. The van der Waals surface area contributed by atoms with E-state index in [2.05, 4.69) is 20.5 Å². The van der Waals surface area contributed by atoms with Crippen LogP contribution in [-0.2, 0) is 0 Å². The number of aromatic nitrogens is 2. The topological polar surface area (TPSA) is 79.4 Å². The van der Waals surface area contributed by atoms with Crippen LogP contribution in [0.15, 0.2) is 58.4 Å². The third-order valence-electron chi connectivity index (χ3n) is 3.21. The number of hydrazone groups is 1. The van der Waals surface area contributed by atoms with E-state index in [0.29, 0.717) is 23.5 Å². The highest BCUT2D eigenvalue weighted by Gasteiger charge is 2.02. The second-order valence-corrected chi connectivity index (χ2v) is 4.77. The average molecular weight is 308 g/mol. The molecule has 0 fully saturated rings. The molecule has 23 heavy (non-hydrogen) atoms. The van der Waals surface area contributed by atoms with Gasteiger partial charge in [0.05, 0.1) is 23.7 Å². The molecule has 116 valence electrons. The summed E-state index contributed by atoms with van der Waals surface area (Å²) in [4.78, 5) is 18.9. The van der Waals surface area contributed by atoms with Crippen LogP contribution >= 0.6 is 0 Å². The molecule has 2 aromatic carbocycles. The normalized spacial score (nSPS) is 11.0. The molecule has 0 aliphatic rings. The summed E-state index contributed by atoms with van der Waals surface area (Å²) in [7, 11) is 0. The predicted octanol–water partition coefficient (Wildman–Crippen LogP) is 2.77. The van der Waals surface area contributed by atoms with Crippen molar-refractivity contribution in [3.63, 3.8) is 0 Å². The smallest absolute Gasteiger partial charge is 0.260 e. The lowest BCUT2D eigenvalue weighted by atomic mass is 10.2. The summed E-state index contributed by atoms with van der Waals surface area (Å²) in [6.45, 7) is 2.51. The van der Waals surface area contributed by atoms with E-state index >= 15 is 0 Å². The molecule has 0 atom stereocenters. The molecule has 1 aromatic heterocycles. The lowest BCUT2D eigenvalue weighted by molar-refractivity contribution is 0.340. The zero-order valence-electron chi connectivity index (χ0n) is 12.6. The Hall–Kier alpha value is -3.15. The number of para-hydroxylation sites is 2. The Morgan fingerprint density at radius 1 is 1.22 bits per heavy atom. The maximum atomic E-state index is 12.0. The highest BCUT2D eigenvalue weighted by molar-refractivity contribution is 5.84. The van der Waals surface area contributed by atoms with Gasteiger partial charge in [-0.25, -0.2) is 10.4 Å². The zero-order chi connectivity index (χ0) is 16.1. The van der Waals surface area contributed by atoms with E-state index in [1.54, 1.807) is 24.4 Å². The highest BCUT2D eigenvalue weighted by atomic mass is 16.5. The van der Waals surface area contributed by atoms with Crippen LogP contribution in [0.3, 0.4) is 0 Å². The van der Waals surface area contributed by atoms with Crippen LogP contribution in [0, 0.1) is 0 Å². The fourth-order valence-corrected chi connectivity index (χ4v) is 2.18. The molecule has 0 spiro atoms. The van der Waals surface area contributed by atoms with Crippen LogP contribution in [-0.4, -0.2) is 22.8 Å². The largest absolute Gasteiger partial charge is 0.493 e. The molecule has 0 amide bonds. The molecular formula is C17H16N4O2. The molecule has 0 radical (unpaired) electrons. The number of fused-ring (bicyclic) bond motifs is 1. The van der Waals surface area contributed by atoms with Gasteiger partial charge in [0.25, 0.3) is 5.56 Å². The molecular weight excluding hydrogens is 292 g/mol. The van der Waals surface area contributed by atoms with E-state index in [1.807, 2.05) is 37.3 Å². The number of H-pyrrole nitrogens is 1. The lowest BCUT2D eigenvalue weighted by Gasteiger charge is -2.06. The van der Waals surface area contributed by atoms with Gasteiger partial charge in [0.2, 0.25) is 5.95 Å². The van der Waals surface area contributed by atoms with Crippen molar-refractivity contribution >= 4 is 23.1 Å². The first-order chi connectivity index (χ1) is 11.3. The molecule has 0 saturated carbocycles. The van der Waals surface area contributed by atoms with Crippen LogP contribution in [0.25, 0.3) is 10.9 Å². The van der Waals surface area contributed by atoms with E-state index < -0.39 is 0 Å². The van der Waals surface area contributed by atoms with Crippen molar-refractivity contribution in [3.05, 3.63) is 64.4 Å². The molecule has 6 heteroatoms. The second-order valence-electron chi connectivity index (χ2n) is 4.77. The molecule has 0 aliphatic heterocycles. The molecule has 0 saturated heterocycles. The van der Waals surface area contributed by atoms with E-state index in [9.17, 15) is 4.79 Å². The quantitative estimate of drug-likeness (QED) is 0.561. The van der Waals surface area contributed by atoms with Gasteiger partial charge in [0.15, 0.2) is 0 Å². The number of ether oxygens (including phenoxy) is 1. The van der Waals surface area contributed by atoms with Crippen molar-refractivity contribution in [2.24, 2.45) is 5.10 Å². The fraction of sp³-hybridized carbons (Fsp3) is 0.118. The van der Waals surface area contributed by atoms with Crippen molar-refractivity contribution in [1.29, 1.82) is 0 Å². The standard InChI is InChI=1S/C17H16N4O2/c1-2-23-15-10-6-3-7-12(15)11-18-21-17-19-14-9-5-4-8-13(14)16(22)20-17/h3-11H,2H2,1H3,(H2,19,20,21,22)/b18-11-. The Bertz CT molecular complexity index is 902. The van der Waals surface area contributed by atoms with E-state index in [1.165, 1.54) is 0 Å². The first kappa shape index (κ1) is 14.8. The number of aromatic amines is 1. The van der Waals surface area contributed by atoms with Crippen molar-refractivity contribution in [2.45, 2.75) is 6.92 Å². The van der Waals surface area contributed by atoms with Gasteiger partial charge in [0, 0.05) is 5.56 Å². The average Bonchev–Trinajstić information content (AvgIpc) is 2.57. The third kappa shape index (κ3) is 3.37. The van der Waals surface area contributed by atoms with Gasteiger partial charge in [-0.1, -0.05) is 24.3 Å². The number of nitrogens with zero attached hydrogens (tertiary/aromatic N) is 2. The van der Waals surface area contributed by atoms with Crippen molar-refractivity contribution < 1.29 is 4.74 Å². The SMILES string of the molecule is CCOc1ccccc1/C=N\Nc1nc2ccccc2c(=O)[nH]1. The number of rotatable bonds is 5. The maximum absolute atomic E-state index is 12.0. The van der Waals surface area contributed by atoms with Gasteiger partial charge in [0.1, 0.15) is 5.75 Å². The van der Waals surface area contributed by atoms with Crippen molar-refractivity contribution in [2.75, 3.05) is 12.0 Å². The highest BCUT2D eigenvalue weighted by Crippen LogP contribution is 2.15. The molecule has 3 rings (SSSR count). The minimum atomic E-state index is -0.206. The molecule has 0 bridgehead atoms. The van der Waals surface area contributed by atoms with Crippen LogP contribution in [0.1, 0.15) is 12.5 Å². The summed E-state index contributed by atoms with van der Waals surface area (Å²) < 4.78 is 5.52. The number of hydrogen-bond donors (Lipinski definition) is 2. The Morgan fingerprint density at radius 2 is 2.00 bits per heavy atom. The molecule has 1 heterocycles. The zero-order valence-corrected chi connectivity index (χ0v) is 12.6. The van der Waals surface area contributed by atoms with Gasteiger partial charge in [-0.2, -0.15) is 5.10 Å². The number of benzene rings is 2. The van der Waals surface area contributed by atoms with Crippen LogP contribution in [0.5, 0.6) is 5.75 Å². The minimum Gasteiger partial charge on any atom is -0.493 e. The lowest BCUT2D eigenvalue weighted by Crippen LogP contribution is -2.11. The fourth-order valence-electron chi connectivity index (χ4n) is 2.18. The molecule has 2 N–H and O–H groups in total. The predicted molar refractivity (Wildman–Crippen MR) is 91.2 cm³/mol. The first-order valence-electron chi connectivity index (χ1n) is 7.28. The van der Waals surface area contributed by atoms with E-state index in [4.69, 9.17) is 4.74 Å². The monoisotopic (exact) mass is 308 g/mol.